The maximum Gasteiger partial charge on any atom is 0.306 e. The number of esters is 1. The number of benzene rings is 1. The Balaban J connectivity index is 1.80. The SMILES string of the molecule is CCCCCCC(CCCCCCC(=O)OC(C)C)C(=O)c1ccc2c(c1)OCO2. The smallest absolute Gasteiger partial charge is 0.306 e. The molecule has 0 saturated carbocycles. The van der Waals surface area contributed by atoms with E-state index >= 15 is 0 Å². The molecular weight excluding hydrogens is 380 g/mol. The molecule has 5 heteroatoms. The van der Waals surface area contributed by atoms with Crippen molar-refractivity contribution in [3.63, 3.8) is 0 Å². The average molecular weight is 419 g/mol. The van der Waals surface area contributed by atoms with Gasteiger partial charge in [0.15, 0.2) is 17.3 Å². The summed E-state index contributed by atoms with van der Waals surface area (Å²) in [5, 5.41) is 0. The molecule has 1 aliphatic rings. The number of fused-ring (bicyclic) bond motifs is 1. The third kappa shape index (κ3) is 8.37. The van der Waals surface area contributed by atoms with Crippen molar-refractivity contribution in [2.24, 2.45) is 5.92 Å². The minimum Gasteiger partial charge on any atom is -0.463 e. The molecule has 1 aromatic rings. The number of carbonyl (C=O) groups excluding carboxylic acids is 2. The maximum absolute atomic E-state index is 13.2. The van der Waals surface area contributed by atoms with Gasteiger partial charge in [0.05, 0.1) is 6.10 Å². The summed E-state index contributed by atoms with van der Waals surface area (Å²) >= 11 is 0. The predicted molar refractivity (Wildman–Crippen MR) is 118 cm³/mol. The predicted octanol–water partition coefficient (Wildman–Crippen LogP) is 6.48. The number of ketones is 1. The summed E-state index contributed by atoms with van der Waals surface area (Å²) in [5.41, 5.74) is 0.719. The van der Waals surface area contributed by atoms with Gasteiger partial charge in [0.2, 0.25) is 6.79 Å². The highest BCUT2D eigenvalue weighted by atomic mass is 16.7. The number of hydrogen-bond acceptors (Lipinski definition) is 5. The van der Waals surface area contributed by atoms with Gasteiger partial charge in [-0.3, -0.25) is 9.59 Å². The second-order valence-corrected chi connectivity index (χ2v) is 8.47. The van der Waals surface area contributed by atoms with Crippen LogP contribution >= 0.6 is 0 Å². The Bertz CT molecular complexity index is 668. The van der Waals surface area contributed by atoms with Crippen LogP contribution in [0.2, 0.25) is 0 Å². The van der Waals surface area contributed by atoms with E-state index in [4.69, 9.17) is 14.2 Å². The van der Waals surface area contributed by atoms with Crippen molar-refractivity contribution in [2.75, 3.05) is 6.79 Å². The first-order chi connectivity index (χ1) is 14.5. The Morgan fingerprint density at radius 3 is 2.30 bits per heavy atom. The van der Waals surface area contributed by atoms with Crippen LogP contribution in [0.25, 0.3) is 0 Å². The molecule has 0 N–H and O–H groups in total. The summed E-state index contributed by atoms with van der Waals surface area (Å²) in [5.74, 6) is 1.52. The molecule has 0 fully saturated rings. The van der Waals surface area contributed by atoms with Crippen LogP contribution in [0.4, 0.5) is 0 Å². The van der Waals surface area contributed by atoms with Crippen molar-refractivity contribution >= 4 is 11.8 Å². The Hall–Kier alpha value is -2.04. The molecule has 2 rings (SSSR count). The summed E-state index contributed by atoms with van der Waals surface area (Å²) in [4.78, 5) is 24.8. The third-order valence-electron chi connectivity index (χ3n) is 5.48. The maximum atomic E-state index is 13.2. The van der Waals surface area contributed by atoms with Crippen LogP contribution < -0.4 is 9.47 Å². The molecule has 30 heavy (non-hydrogen) atoms. The number of rotatable bonds is 15. The molecule has 1 unspecified atom stereocenters. The molecule has 1 heterocycles. The van der Waals surface area contributed by atoms with Crippen molar-refractivity contribution < 1.29 is 23.8 Å². The monoisotopic (exact) mass is 418 g/mol. The fourth-order valence-corrected chi connectivity index (χ4v) is 3.84. The Labute approximate surface area is 181 Å². The lowest BCUT2D eigenvalue weighted by molar-refractivity contribution is -0.147. The molecule has 0 aliphatic carbocycles. The van der Waals surface area contributed by atoms with E-state index in [9.17, 15) is 9.59 Å². The molecule has 0 amide bonds. The van der Waals surface area contributed by atoms with Gasteiger partial charge >= 0.3 is 5.97 Å². The van der Waals surface area contributed by atoms with Crippen molar-refractivity contribution in [2.45, 2.75) is 97.5 Å². The van der Waals surface area contributed by atoms with Crippen LogP contribution in [0.15, 0.2) is 18.2 Å². The second-order valence-electron chi connectivity index (χ2n) is 8.47. The molecule has 1 atom stereocenters. The van der Waals surface area contributed by atoms with Gasteiger partial charge in [0.25, 0.3) is 0 Å². The van der Waals surface area contributed by atoms with E-state index in [-0.39, 0.29) is 30.6 Å². The highest BCUT2D eigenvalue weighted by Crippen LogP contribution is 2.34. The zero-order valence-electron chi connectivity index (χ0n) is 18.9. The van der Waals surface area contributed by atoms with Crippen LogP contribution in [0.3, 0.4) is 0 Å². The molecule has 0 saturated heterocycles. The fraction of sp³-hybridized carbons (Fsp3) is 0.680. The van der Waals surface area contributed by atoms with Gasteiger partial charge in [-0.1, -0.05) is 51.9 Å². The molecule has 0 spiro atoms. The van der Waals surface area contributed by atoms with E-state index in [0.717, 1.165) is 50.5 Å². The van der Waals surface area contributed by atoms with E-state index in [1.807, 2.05) is 32.0 Å². The van der Waals surface area contributed by atoms with Crippen LogP contribution in [0.5, 0.6) is 11.5 Å². The molecule has 0 bridgehead atoms. The molecule has 1 aliphatic heterocycles. The summed E-state index contributed by atoms with van der Waals surface area (Å²) in [7, 11) is 0. The first-order valence-corrected chi connectivity index (χ1v) is 11.6. The first kappa shape index (κ1) is 24.2. The lowest BCUT2D eigenvalue weighted by atomic mass is 9.87. The molecule has 0 radical (unpaired) electrons. The third-order valence-corrected chi connectivity index (χ3v) is 5.48. The number of unbranched alkanes of at least 4 members (excludes halogenated alkanes) is 6. The molecule has 0 aromatic heterocycles. The van der Waals surface area contributed by atoms with Gasteiger partial charge in [-0.05, 0) is 51.3 Å². The quantitative estimate of drug-likeness (QED) is 0.185. The molecule has 168 valence electrons. The number of ether oxygens (including phenoxy) is 3. The minimum absolute atomic E-state index is 0.0480. The number of Topliss-reactive ketones (excluding diaryl/α,β-unsaturated/α-hetero) is 1. The van der Waals surface area contributed by atoms with Crippen molar-refractivity contribution in [3.05, 3.63) is 23.8 Å². The molecular formula is C25H38O5. The van der Waals surface area contributed by atoms with Gasteiger partial charge in [-0.2, -0.15) is 0 Å². The van der Waals surface area contributed by atoms with E-state index < -0.39 is 0 Å². The highest BCUT2D eigenvalue weighted by Gasteiger charge is 2.22. The number of hydrogen-bond donors (Lipinski definition) is 0. The number of carbonyl (C=O) groups is 2. The largest absolute Gasteiger partial charge is 0.463 e. The topological polar surface area (TPSA) is 61.8 Å². The van der Waals surface area contributed by atoms with Crippen molar-refractivity contribution in [1.29, 1.82) is 0 Å². The van der Waals surface area contributed by atoms with E-state index in [1.54, 1.807) is 0 Å². The van der Waals surface area contributed by atoms with E-state index in [1.165, 1.54) is 19.3 Å². The Morgan fingerprint density at radius 1 is 0.933 bits per heavy atom. The van der Waals surface area contributed by atoms with Crippen molar-refractivity contribution in [3.8, 4) is 11.5 Å². The standard InChI is InChI=1S/C25H38O5/c1-4-5-6-9-12-20(13-10-7-8-11-14-24(26)30-19(2)3)25(27)21-15-16-22-23(17-21)29-18-28-22/h15-17,19-20H,4-14,18H2,1-3H3. The molecule has 5 nitrogen and oxygen atoms in total. The van der Waals surface area contributed by atoms with Crippen LogP contribution in [0.1, 0.15) is 102 Å². The van der Waals surface area contributed by atoms with Crippen LogP contribution in [0, 0.1) is 5.92 Å². The lowest BCUT2D eigenvalue weighted by Gasteiger charge is -2.16. The average Bonchev–Trinajstić information content (AvgIpc) is 3.18. The van der Waals surface area contributed by atoms with Crippen LogP contribution in [-0.2, 0) is 9.53 Å². The van der Waals surface area contributed by atoms with Crippen LogP contribution in [-0.4, -0.2) is 24.6 Å². The summed E-state index contributed by atoms with van der Waals surface area (Å²) in [6.45, 7) is 6.16. The Kier molecular flexibility index (Phi) is 10.7. The zero-order valence-corrected chi connectivity index (χ0v) is 18.9. The highest BCUT2D eigenvalue weighted by molar-refractivity contribution is 5.98. The summed E-state index contributed by atoms with van der Waals surface area (Å²) in [6.07, 6.45) is 10.8. The van der Waals surface area contributed by atoms with Gasteiger partial charge < -0.3 is 14.2 Å². The lowest BCUT2D eigenvalue weighted by Crippen LogP contribution is -2.15. The first-order valence-electron chi connectivity index (χ1n) is 11.6. The summed E-state index contributed by atoms with van der Waals surface area (Å²) in [6, 6.07) is 5.51. The van der Waals surface area contributed by atoms with Crippen molar-refractivity contribution in [1.82, 2.24) is 0 Å². The van der Waals surface area contributed by atoms with Gasteiger partial charge in [0.1, 0.15) is 0 Å². The Morgan fingerprint density at radius 2 is 1.60 bits per heavy atom. The molecule has 1 aromatic carbocycles. The van der Waals surface area contributed by atoms with Gasteiger partial charge in [-0.15, -0.1) is 0 Å². The van der Waals surface area contributed by atoms with E-state index in [0.29, 0.717) is 17.9 Å². The second kappa shape index (κ2) is 13.3. The summed E-state index contributed by atoms with van der Waals surface area (Å²) < 4.78 is 16.0. The van der Waals surface area contributed by atoms with Gasteiger partial charge in [-0.25, -0.2) is 0 Å². The normalized spacial score (nSPS) is 13.5. The van der Waals surface area contributed by atoms with E-state index in [2.05, 4.69) is 6.92 Å². The van der Waals surface area contributed by atoms with Gasteiger partial charge in [0, 0.05) is 17.9 Å². The fourth-order valence-electron chi connectivity index (χ4n) is 3.84. The zero-order chi connectivity index (χ0) is 21.8. The minimum atomic E-state index is -0.114.